The number of esters is 1. The van der Waals surface area contributed by atoms with Gasteiger partial charge in [0.25, 0.3) is 0 Å². The zero-order valence-corrected chi connectivity index (χ0v) is 5.16. The molecule has 0 aliphatic heterocycles. The van der Waals surface area contributed by atoms with Gasteiger partial charge in [-0.15, -0.1) is 6.42 Å². The van der Waals surface area contributed by atoms with Gasteiger partial charge in [0.1, 0.15) is 6.42 Å². The van der Waals surface area contributed by atoms with Crippen LogP contribution < -0.4 is 0 Å². The predicted molar refractivity (Wildman–Crippen MR) is 32.0 cm³/mol. The Morgan fingerprint density at radius 1 is 1.60 bits per heavy atom. The van der Waals surface area contributed by atoms with Gasteiger partial charge < -0.3 is 9.84 Å². The van der Waals surface area contributed by atoms with Gasteiger partial charge >= 0.3 is 11.9 Å². The molecule has 0 rings (SSSR count). The normalized spacial score (nSPS) is 7.90. The number of aliphatic carboxylic acids is 1. The topological polar surface area (TPSA) is 63.6 Å². The van der Waals surface area contributed by atoms with Crippen LogP contribution in [0.4, 0.5) is 0 Å². The minimum Gasteiger partial charge on any atom is -0.479 e. The average molecular weight is 142 g/mol. The summed E-state index contributed by atoms with van der Waals surface area (Å²) in [6.07, 6.45) is 4.55. The van der Waals surface area contributed by atoms with Crippen molar-refractivity contribution in [2.24, 2.45) is 0 Å². The molecule has 0 heterocycles. The minimum atomic E-state index is -1.19. The number of rotatable bonds is 3. The first-order valence-electron chi connectivity index (χ1n) is 2.47. The number of carboxylic acid groups (broad SMARTS) is 1. The van der Waals surface area contributed by atoms with Gasteiger partial charge in [0, 0.05) is 0 Å². The fraction of sp³-hybridized carbons (Fsp3) is 0.333. The third-order valence-electron chi connectivity index (χ3n) is 0.603. The fourth-order valence-electron chi connectivity index (χ4n) is 0.277. The van der Waals surface area contributed by atoms with E-state index in [0.717, 1.165) is 0 Å². The van der Waals surface area contributed by atoms with Crippen molar-refractivity contribution in [3.8, 4) is 12.3 Å². The lowest BCUT2D eigenvalue weighted by Gasteiger charge is -1.95. The Kier molecular flexibility index (Phi) is 3.73. The summed E-state index contributed by atoms with van der Waals surface area (Å²) >= 11 is 0. The maximum Gasteiger partial charge on any atom is 0.341 e. The Labute approximate surface area is 57.8 Å². The lowest BCUT2D eigenvalue weighted by molar-refractivity contribution is -0.154. The second kappa shape index (κ2) is 4.39. The van der Waals surface area contributed by atoms with Gasteiger partial charge in [0.15, 0.2) is 6.61 Å². The highest BCUT2D eigenvalue weighted by Crippen LogP contribution is 1.82. The Bertz CT molecular complexity index is 177. The molecule has 0 aliphatic rings. The van der Waals surface area contributed by atoms with Crippen LogP contribution in [0.3, 0.4) is 0 Å². The molecule has 0 unspecified atom stereocenters. The van der Waals surface area contributed by atoms with E-state index in [4.69, 9.17) is 11.5 Å². The molecular formula is C6H6O4. The Hall–Kier alpha value is -1.50. The van der Waals surface area contributed by atoms with Crippen molar-refractivity contribution in [1.82, 2.24) is 0 Å². The molecule has 0 amide bonds. The van der Waals surface area contributed by atoms with Crippen molar-refractivity contribution in [1.29, 1.82) is 0 Å². The van der Waals surface area contributed by atoms with E-state index < -0.39 is 18.5 Å². The first-order chi connectivity index (χ1) is 4.66. The maximum absolute atomic E-state index is 10.3. The number of terminal acetylenes is 1. The van der Waals surface area contributed by atoms with Crippen LogP contribution in [0.1, 0.15) is 6.42 Å². The lowest BCUT2D eigenvalue weighted by Crippen LogP contribution is -2.11. The molecule has 0 saturated carbocycles. The summed E-state index contributed by atoms with van der Waals surface area (Å²) in [5.74, 6) is 0.144. The van der Waals surface area contributed by atoms with E-state index in [1.54, 1.807) is 0 Å². The van der Waals surface area contributed by atoms with Crippen LogP contribution in [-0.2, 0) is 14.3 Å². The van der Waals surface area contributed by atoms with Crippen LogP contribution in [0, 0.1) is 12.3 Å². The summed E-state index contributed by atoms with van der Waals surface area (Å²) in [4.78, 5) is 20.1. The molecule has 4 nitrogen and oxygen atoms in total. The molecule has 0 aromatic rings. The molecule has 54 valence electrons. The molecule has 0 spiro atoms. The molecular weight excluding hydrogens is 136 g/mol. The highest BCUT2D eigenvalue weighted by atomic mass is 16.5. The quantitative estimate of drug-likeness (QED) is 0.431. The molecule has 0 fully saturated rings. The van der Waals surface area contributed by atoms with Crippen LogP contribution in [0.5, 0.6) is 0 Å². The zero-order chi connectivity index (χ0) is 7.98. The van der Waals surface area contributed by atoms with E-state index >= 15 is 0 Å². The SMILES string of the molecule is C#CCC(=O)OCC(=O)O. The molecule has 0 atom stereocenters. The standard InChI is InChI=1S/C6H6O4/c1-2-3-6(9)10-4-5(7)8/h1H,3-4H2,(H,7,8). The molecule has 0 aromatic heterocycles. The van der Waals surface area contributed by atoms with Crippen LogP contribution in [-0.4, -0.2) is 23.7 Å². The Balaban J connectivity index is 3.42. The van der Waals surface area contributed by atoms with Gasteiger partial charge in [-0.05, 0) is 0 Å². The van der Waals surface area contributed by atoms with Crippen molar-refractivity contribution in [2.45, 2.75) is 6.42 Å². The summed E-state index contributed by atoms with van der Waals surface area (Å²) in [5.41, 5.74) is 0. The van der Waals surface area contributed by atoms with Gasteiger partial charge in [0.05, 0.1) is 0 Å². The monoisotopic (exact) mass is 142 g/mol. The molecule has 1 N–H and O–H groups in total. The maximum atomic E-state index is 10.3. The molecule has 0 aromatic carbocycles. The second-order valence-corrected chi connectivity index (χ2v) is 1.44. The van der Waals surface area contributed by atoms with Crippen molar-refractivity contribution in [3.05, 3.63) is 0 Å². The lowest BCUT2D eigenvalue weighted by atomic mass is 10.5. The van der Waals surface area contributed by atoms with E-state index in [1.165, 1.54) is 0 Å². The Morgan fingerprint density at radius 3 is 2.60 bits per heavy atom. The number of carbonyl (C=O) groups excluding carboxylic acids is 1. The van der Waals surface area contributed by atoms with E-state index in [2.05, 4.69) is 4.74 Å². The first kappa shape index (κ1) is 8.50. The summed E-state index contributed by atoms with van der Waals surface area (Å²) in [6.45, 7) is -0.624. The highest BCUT2D eigenvalue weighted by molar-refractivity contribution is 5.76. The zero-order valence-electron chi connectivity index (χ0n) is 5.16. The molecule has 10 heavy (non-hydrogen) atoms. The van der Waals surface area contributed by atoms with Crippen LogP contribution in [0.25, 0.3) is 0 Å². The van der Waals surface area contributed by atoms with Crippen molar-refractivity contribution in [3.63, 3.8) is 0 Å². The van der Waals surface area contributed by atoms with Gasteiger partial charge in [-0.3, -0.25) is 4.79 Å². The van der Waals surface area contributed by atoms with Gasteiger partial charge in [-0.1, -0.05) is 5.92 Å². The van der Waals surface area contributed by atoms with E-state index in [-0.39, 0.29) is 6.42 Å². The number of hydrogen-bond acceptors (Lipinski definition) is 3. The molecule has 0 saturated heterocycles. The number of ether oxygens (including phenoxy) is 1. The summed E-state index contributed by atoms with van der Waals surface area (Å²) in [7, 11) is 0. The van der Waals surface area contributed by atoms with E-state index in [9.17, 15) is 9.59 Å². The minimum absolute atomic E-state index is 0.187. The van der Waals surface area contributed by atoms with Crippen molar-refractivity contribution in [2.75, 3.05) is 6.61 Å². The highest BCUT2D eigenvalue weighted by Gasteiger charge is 2.02. The second-order valence-electron chi connectivity index (χ2n) is 1.44. The first-order valence-corrected chi connectivity index (χ1v) is 2.47. The Morgan fingerprint density at radius 2 is 2.20 bits per heavy atom. The molecule has 0 bridgehead atoms. The molecule has 4 heteroatoms. The summed E-state index contributed by atoms with van der Waals surface area (Å²) in [6, 6.07) is 0. The van der Waals surface area contributed by atoms with E-state index in [1.807, 2.05) is 5.92 Å². The summed E-state index contributed by atoms with van der Waals surface area (Å²) < 4.78 is 4.16. The average Bonchev–Trinajstić information content (AvgIpc) is 1.85. The van der Waals surface area contributed by atoms with Crippen LogP contribution >= 0.6 is 0 Å². The fourth-order valence-corrected chi connectivity index (χ4v) is 0.277. The summed E-state index contributed by atoms with van der Waals surface area (Å²) in [5, 5.41) is 8.00. The van der Waals surface area contributed by atoms with Crippen LogP contribution in [0.15, 0.2) is 0 Å². The smallest absolute Gasteiger partial charge is 0.341 e. The number of carboxylic acids is 1. The third-order valence-corrected chi connectivity index (χ3v) is 0.603. The van der Waals surface area contributed by atoms with Gasteiger partial charge in [-0.2, -0.15) is 0 Å². The van der Waals surface area contributed by atoms with Crippen LogP contribution in [0.2, 0.25) is 0 Å². The van der Waals surface area contributed by atoms with Gasteiger partial charge in [0.2, 0.25) is 0 Å². The number of hydrogen-bond donors (Lipinski definition) is 1. The number of carbonyl (C=O) groups is 2. The van der Waals surface area contributed by atoms with Gasteiger partial charge in [-0.25, -0.2) is 4.79 Å². The molecule has 0 radical (unpaired) electrons. The predicted octanol–water partition coefficient (Wildman–Crippen LogP) is -0.363. The van der Waals surface area contributed by atoms with Crippen molar-refractivity contribution < 1.29 is 19.4 Å². The van der Waals surface area contributed by atoms with E-state index in [0.29, 0.717) is 0 Å². The largest absolute Gasteiger partial charge is 0.479 e. The molecule has 0 aliphatic carbocycles. The third kappa shape index (κ3) is 4.65. The van der Waals surface area contributed by atoms with Crippen molar-refractivity contribution >= 4 is 11.9 Å².